The van der Waals surface area contributed by atoms with Crippen LogP contribution in [0.1, 0.15) is 65.2 Å². The average molecular weight is 365 g/mol. The van der Waals surface area contributed by atoms with Gasteiger partial charge < -0.3 is 9.32 Å². The van der Waals surface area contributed by atoms with Crippen molar-refractivity contribution in [2.45, 2.75) is 43.7 Å². The number of halogens is 3. The highest BCUT2D eigenvalue weighted by molar-refractivity contribution is 5.96. The number of rotatable bonds is 3. The van der Waals surface area contributed by atoms with Crippen LogP contribution in [0, 0.1) is 0 Å². The van der Waals surface area contributed by atoms with E-state index in [0.29, 0.717) is 43.6 Å². The Balaban J connectivity index is 1.44. The Morgan fingerprint density at radius 1 is 1.00 bits per heavy atom. The highest BCUT2D eigenvalue weighted by atomic mass is 19.4. The Morgan fingerprint density at radius 2 is 1.58 bits per heavy atom. The highest BCUT2D eigenvalue weighted by Gasteiger charge is 2.37. The molecular weight excluding hydrogens is 347 g/mol. The lowest BCUT2D eigenvalue weighted by molar-refractivity contribution is -0.138. The zero-order valence-electron chi connectivity index (χ0n) is 14.0. The van der Waals surface area contributed by atoms with E-state index in [2.05, 4.69) is 10.2 Å². The second-order valence-corrected chi connectivity index (χ2v) is 6.86. The van der Waals surface area contributed by atoms with E-state index in [1.807, 2.05) is 0 Å². The molecule has 0 atom stereocenters. The quantitative estimate of drug-likeness (QED) is 0.825. The third-order valence-electron chi connectivity index (χ3n) is 4.98. The lowest BCUT2D eigenvalue weighted by Gasteiger charge is -2.31. The fraction of sp³-hybridized carbons (Fsp3) is 0.500. The molecule has 1 aliphatic carbocycles. The molecule has 2 fully saturated rings. The van der Waals surface area contributed by atoms with Crippen LogP contribution in [0.2, 0.25) is 0 Å². The van der Waals surface area contributed by atoms with E-state index in [1.165, 1.54) is 23.1 Å². The summed E-state index contributed by atoms with van der Waals surface area (Å²) >= 11 is 0. The standard InChI is InChI=1S/C18H18F3N3O2/c19-18(20,21)14-4-2-1-3-13(14)17(25)24-9-7-12(8-10-24)16-23-22-15(26-16)11-5-6-11/h1-4,11-12H,5-10H2. The van der Waals surface area contributed by atoms with E-state index in [1.54, 1.807) is 0 Å². The molecule has 1 amide bonds. The molecule has 2 aromatic rings. The maximum atomic E-state index is 13.1. The van der Waals surface area contributed by atoms with E-state index in [9.17, 15) is 18.0 Å². The van der Waals surface area contributed by atoms with Gasteiger partial charge in [0.1, 0.15) is 0 Å². The number of amides is 1. The third kappa shape index (κ3) is 3.32. The van der Waals surface area contributed by atoms with Crippen LogP contribution in [0.3, 0.4) is 0 Å². The molecule has 8 heteroatoms. The Labute approximate surface area is 148 Å². The molecule has 0 unspecified atom stereocenters. The van der Waals surface area contributed by atoms with Crippen molar-refractivity contribution < 1.29 is 22.4 Å². The van der Waals surface area contributed by atoms with Crippen LogP contribution in [0.15, 0.2) is 28.7 Å². The van der Waals surface area contributed by atoms with Gasteiger partial charge in [0, 0.05) is 24.9 Å². The molecule has 1 saturated carbocycles. The van der Waals surface area contributed by atoms with Crippen molar-refractivity contribution in [2.24, 2.45) is 0 Å². The van der Waals surface area contributed by atoms with Crippen LogP contribution in [0.25, 0.3) is 0 Å². The zero-order chi connectivity index (χ0) is 18.3. The first-order valence-electron chi connectivity index (χ1n) is 8.72. The van der Waals surface area contributed by atoms with Crippen LogP contribution >= 0.6 is 0 Å². The van der Waals surface area contributed by atoms with Gasteiger partial charge >= 0.3 is 6.18 Å². The van der Waals surface area contributed by atoms with E-state index < -0.39 is 17.6 Å². The fourth-order valence-electron chi connectivity index (χ4n) is 3.32. The Bertz CT molecular complexity index is 806. The van der Waals surface area contributed by atoms with E-state index >= 15 is 0 Å². The summed E-state index contributed by atoms with van der Waals surface area (Å²) in [5.41, 5.74) is -1.19. The number of aromatic nitrogens is 2. The molecule has 0 N–H and O–H groups in total. The van der Waals surface area contributed by atoms with Gasteiger partial charge in [0.05, 0.1) is 11.1 Å². The van der Waals surface area contributed by atoms with Crippen molar-refractivity contribution in [1.29, 1.82) is 0 Å². The Morgan fingerprint density at radius 3 is 2.15 bits per heavy atom. The average Bonchev–Trinajstić information content (AvgIpc) is 3.37. The first kappa shape index (κ1) is 17.1. The number of nitrogens with zero attached hydrogens (tertiary/aromatic N) is 3. The summed E-state index contributed by atoms with van der Waals surface area (Å²) in [6.07, 6.45) is -1.19. The summed E-state index contributed by atoms with van der Waals surface area (Å²) in [6.45, 7) is 0.744. The fourth-order valence-corrected chi connectivity index (χ4v) is 3.32. The minimum Gasteiger partial charge on any atom is -0.425 e. The predicted molar refractivity (Wildman–Crippen MR) is 85.6 cm³/mol. The first-order chi connectivity index (χ1) is 12.4. The van der Waals surface area contributed by atoms with Crippen LogP contribution < -0.4 is 0 Å². The lowest BCUT2D eigenvalue weighted by Crippen LogP contribution is -2.38. The topological polar surface area (TPSA) is 59.2 Å². The molecule has 5 nitrogen and oxygen atoms in total. The summed E-state index contributed by atoms with van der Waals surface area (Å²) in [4.78, 5) is 14.1. The molecule has 0 bridgehead atoms. The summed E-state index contributed by atoms with van der Waals surface area (Å²) in [5.74, 6) is 1.11. The molecule has 26 heavy (non-hydrogen) atoms. The van der Waals surface area contributed by atoms with E-state index in [0.717, 1.165) is 18.9 Å². The maximum absolute atomic E-state index is 13.1. The minimum absolute atomic E-state index is 0.0527. The number of likely N-dealkylation sites (tertiary alicyclic amines) is 1. The Hall–Kier alpha value is -2.38. The van der Waals surface area contributed by atoms with Crippen molar-refractivity contribution in [1.82, 2.24) is 15.1 Å². The highest BCUT2D eigenvalue weighted by Crippen LogP contribution is 2.40. The van der Waals surface area contributed by atoms with Gasteiger partial charge in [0.25, 0.3) is 5.91 Å². The van der Waals surface area contributed by atoms with Crippen LogP contribution in [-0.4, -0.2) is 34.1 Å². The van der Waals surface area contributed by atoms with E-state index in [-0.39, 0.29) is 11.5 Å². The van der Waals surface area contributed by atoms with Crippen molar-refractivity contribution in [3.63, 3.8) is 0 Å². The first-order valence-corrected chi connectivity index (χ1v) is 8.72. The van der Waals surface area contributed by atoms with Crippen molar-refractivity contribution in [3.8, 4) is 0 Å². The minimum atomic E-state index is -4.55. The molecule has 1 saturated heterocycles. The Kier molecular flexibility index (Phi) is 4.20. The molecule has 1 aromatic carbocycles. The van der Waals surface area contributed by atoms with Crippen LogP contribution in [0.4, 0.5) is 13.2 Å². The van der Waals surface area contributed by atoms with Gasteiger partial charge in [-0.1, -0.05) is 12.1 Å². The van der Waals surface area contributed by atoms with E-state index in [4.69, 9.17) is 4.42 Å². The van der Waals surface area contributed by atoms with Gasteiger partial charge in [-0.25, -0.2) is 0 Å². The number of hydrogen-bond acceptors (Lipinski definition) is 4. The number of alkyl halides is 3. The van der Waals surface area contributed by atoms with Crippen molar-refractivity contribution in [3.05, 3.63) is 47.2 Å². The number of carbonyl (C=O) groups is 1. The van der Waals surface area contributed by atoms with Gasteiger partial charge in [-0.2, -0.15) is 13.2 Å². The molecule has 2 aliphatic rings. The van der Waals surface area contributed by atoms with Gasteiger partial charge in [-0.15, -0.1) is 10.2 Å². The normalized spacial score (nSPS) is 19.0. The zero-order valence-corrected chi connectivity index (χ0v) is 14.0. The molecule has 4 rings (SSSR count). The predicted octanol–water partition coefficient (Wildman–Crippen LogP) is 3.99. The van der Waals surface area contributed by atoms with Crippen LogP contribution in [0.5, 0.6) is 0 Å². The molecule has 1 aromatic heterocycles. The molecule has 2 heterocycles. The number of hydrogen-bond donors (Lipinski definition) is 0. The van der Waals surface area contributed by atoms with Gasteiger partial charge in [-0.3, -0.25) is 4.79 Å². The van der Waals surface area contributed by atoms with Gasteiger partial charge in [0.15, 0.2) is 0 Å². The molecule has 0 radical (unpaired) electrons. The third-order valence-corrected chi connectivity index (χ3v) is 4.98. The summed E-state index contributed by atoms with van der Waals surface area (Å²) in [5, 5.41) is 8.18. The second-order valence-electron chi connectivity index (χ2n) is 6.86. The lowest BCUT2D eigenvalue weighted by atomic mass is 9.95. The molecule has 1 aliphatic heterocycles. The monoisotopic (exact) mass is 365 g/mol. The molecular formula is C18H18F3N3O2. The molecule has 138 valence electrons. The largest absolute Gasteiger partial charge is 0.425 e. The van der Waals surface area contributed by atoms with Crippen LogP contribution in [-0.2, 0) is 6.18 Å². The number of piperidine rings is 1. The van der Waals surface area contributed by atoms with Gasteiger partial charge in [-0.05, 0) is 37.8 Å². The van der Waals surface area contributed by atoms with Crippen molar-refractivity contribution >= 4 is 5.91 Å². The van der Waals surface area contributed by atoms with Gasteiger partial charge in [0.2, 0.25) is 11.8 Å². The summed E-state index contributed by atoms with van der Waals surface area (Å²) in [7, 11) is 0. The number of carbonyl (C=O) groups excluding carboxylic acids is 1. The summed E-state index contributed by atoms with van der Waals surface area (Å²) in [6, 6.07) is 4.92. The summed E-state index contributed by atoms with van der Waals surface area (Å²) < 4.78 is 45.1. The maximum Gasteiger partial charge on any atom is 0.417 e. The number of benzene rings is 1. The SMILES string of the molecule is O=C(c1ccccc1C(F)(F)F)N1CCC(c2nnc(C3CC3)o2)CC1. The van der Waals surface area contributed by atoms with Crippen molar-refractivity contribution in [2.75, 3.05) is 13.1 Å². The molecule has 0 spiro atoms. The smallest absolute Gasteiger partial charge is 0.417 e. The second kappa shape index (κ2) is 6.41.